The van der Waals surface area contributed by atoms with Crippen molar-refractivity contribution >= 4 is 17.7 Å². The molecule has 1 atom stereocenters. The molecule has 0 aromatic carbocycles. The molecule has 0 saturated heterocycles. The van der Waals surface area contributed by atoms with Crippen LogP contribution in [0.1, 0.15) is 48.7 Å². The summed E-state index contributed by atoms with van der Waals surface area (Å²) in [6.07, 6.45) is 10.1. The number of rotatable bonds is 4. The summed E-state index contributed by atoms with van der Waals surface area (Å²) in [5.74, 6) is 0.219. The van der Waals surface area contributed by atoms with Crippen molar-refractivity contribution in [1.82, 2.24) is 34.5 Å². The minimum atomic E-state index is -0.490. The summed E-state index contributed by atoms with van der Waals surface area (Å²) < 4.78 is 1.59. The van der Waals surface area contributed by atoms with Crippen molar-refractivity contribution in [3.8, 4) is 5.88 Å². The molecule has 32 heavy (non-hydrogen) atoms. The molecule has 11 heteroatoms. The summed E-state index contributed by atoms with van der Waals surface area (Å²) in [5.41, 5.74) is 3.05. The third kappa shape index (κ3) is 3.41. The van der Waals surface area contributed by atoms with E-state index in [1.54, 1.807) is 16.8 Å². The number of anilines is 1. The van der Waals surface area contributed by atoms with Gasteiger partial charge in [0.1, 0.15) is 5.69 Å². The fourth-order valence-electron chi connectivity index (χ4n) is 4.06. The molecule has 1 unspecified atom stereocenters. The Morgan fingerprint density at radius 3 is 2.97 bits per heavy atom. The van der Waals surface area contributed by atoms with Gasteiger partial charge >= 0.3 is 5.69 Å². The zero-order valence-electron chi connectivity index (χ0n) is 17.1. The summed E-state index contributed by atoms with van der Waals surface area (Å²) in [6, 6.07) is 4.35. The number of H-pyrrole nitrogens is 2. The van der Waals surface area contributed by atoms with E-state index in [0.717, 1.165) is 43.4 Å². The van der Waals surface area contributed by atoms with E-state index in [1.165, 1.54) is 0 Å². The van der Waals surface area contributed by atoms with Crippen LogP contribution in [0, 0.1) is 0 Å². The Kier molecular flexibility index (Phi) is 4.27. The molecule has 6 rings (SSSR count). The lowest BCUT2D eigenvalue weighted by Crippen LogP contribution is -2.27. The molecule has 0 aliphatic heterocycles. The first-order valence-corrected chi connectivity index (χ1v) is 10.7. The van der Waals surface area contributed by atoms with Gasteiger partial charge in [-0.3, -0.25) is 9.97 Å². The van der Waals surface area contributed by atoms with Gasteiger partial charge in [-0.25, -0.2) is 9.79 Å². The van der Waals surface area contributed by atoms with Gasteiger partial charge in [-0.2, -0.15) is 19.6 Å². The number of nitrogens with zero attached hydrogens (tertiary/aromatic N) is 6. The molecule has 4 N–H and O–H groups in total. The number of aromatic nitrogens is 7. The van der Waals surface area contributed by atoms with Crippen LogP contribution in [0.2, 0.25) is 0 Å². The van der Waals surface area contributed by atoms with Crippen LogP contribution in [0.25, 0.3) is 11.7 Å². The molecule has 4 heterocycles. The van der Waals surface area contributed by atoms with E-state index in [4.69, 9.17) is 9.98 Å². The highest BCUT2D eigenvalue weighted by atomic mass is 16.3. The number of aromatic hydroxyl groups is 1. The maximum absolute atomic E-state index is 11.5. The van der Waals surface area contributed by atoms with Crippen molar-refractivity contribution in [3.63, 3.8) is 0 Å². The molecular formula is C21H21N9O2. The topological polar surface area (TPSA) is 149 Å². The largest absolute Gasteiger partial charge is 0.493 e. The first kappa shape index (κ1) is 18.7. The maximum atomic E-state index is 11.5. The van der Waals surface area contributed by atoms with Crippen molar-refractivity contribution in [2.75, 3.05) is 5.32 Å². The second-order valence-electron chi connectivity index (χ2n) is 8.16. The monoisotopic (exact) mass is 431 g/mol. The lowest BCUT2D eigenvalue weighted by molar-refractivity contribution is 0.454. The number of nitrogens with one attached hydrogen (secondary N) is 3. The van der Waals surface area contributed by atoms with Crippen molar-refractivity contribution in [2.24, 2.45) is 4.99 Å². The minimum Gasteiger partial charge on any atom is -0.493 e. The van der Waals surface area contributed by atoms with E-state index in [-0.39, 0.29) is 23.7 Å². The summed E-state index contributed by atoms with van der Waals surface area (Å²) in [7, 11) is 0. The van der Waals surface area contributed by atoms with Gasteiger partial charge in [-0.05, 0) is 49.8 Å². The van der Waals surface area contributed by atoms with Gasteiger partial charge in [0.25, 0.3) is 5.62 Å². The molecule has 4 aromatic rings. The zero-order valence-corrected chi connectivity index (χ0v) is 17.1. The molecule has 162 valence electrons. The molecule has 0 bridgehead atoms. The predicted molar refractivity (Wildman–Crippen MR) is 115 cm³/mol. The molecule has 2 aliphatic rings. The molecule has 1 saturated carbocycles. The van der Waals surface area contributed by atoms with Crippen molar-refractivity contribution in [1.29, 1.82) is 0 Å². The number of hydrogen-bond acceptors (Lipinski definition) is 8. The summed E-state index contributed by atoms with van der Waals surface area (Å²) in [6.45, 7) is 0. The van der Waals surface area contributed by atoms with Gasteiger partial charge in [0.15, 0.2) is 5.65 Å². The normalized spacial score (nSPS) is 19.4. The van der Waals surface area contributed by atoms with Gasteiger partial charge in [0.2, 0.25) is 11.8 Å². The predicted octanol–water partition coefficient (Wildman–Crippen LogP) is 0.342. The van der Waals surface area contributed by atoms with Gasteiger partial charge in [0.05, 0.1) is 18.3 Å². The van der Waals surface area contributed by atoms with Crippen LogP contribution in [-0.2, 0) is 6.42 Å². The van der Waals surface area contributed by atoms with Crippen LogP contribution >= 0.6 is 0 Å². The Morgan fingerprint density at radius 2 is 2.16 bits per heavy atom. The second kappa shape index (κ2) is 7.29. The quantitative estimate of drug-likeness (QED) is 0.364. The Hall–Kier alpha value is -4.02. The lowest BCUT2D eigenvalue weighted by atomic mass is 9.91. The van der Waals surface area contributed by atoms with E-state index < -0.39 is 5.69 Å². The van der Waals surface area contributed by atoms with E-state index >= 15 is 0 Å². The molecule has 0 radical (unpaired) electrons. The molecule has 2 aliphatic carbocycles. The van der Waals surface area contributed by atoms with E-state index in [9.17, 15) is 9.90 Å². The number of aryl methyl sites for hydroxylation is 1. The first-order chi connectivity index (χ1) is 15.6. The number of fused-ring (bicyclic) bond motifs is 2. The average Bonchev–Trinajstić information content (AvgIpc) is 3.42. The second-order valence-corrected chi connectivity index (χ2v) is 8.16. The maximum Gasteiger partial charge on any atom is 0.326 e. The lowest BCUT2D eigenvalue weighted by Gasteiger charge is -2.25. The fourth-order valence-corrected chi connectivity index (χ4v) is 4.06. The van der Waals surface area contributed by atoms with Crippen LogP contribution in [0.3, 0.4) is 0 Å². The van der Waals surface area contributed by atoms with Crippen LogP contribution in [0.5, 0.6) is 5.88 Å². The average molecular weight is 431 g/mol. The number of aromatic amines is 2. The number of hydrogen-bond donors (Lipinski definition) is 4. The molecule has 1 fully saturated rings. The van der Waals surface area contributed by atoms with E-state index in [2.05, 4.69) is 36.4 Å². The smallest absolute Gasteiger partial charge is 0.326 e. The molecule has 11 nitrogen and oxygen atoms in total. The SMILES string of the molecule is O=c1[nH]c(O)c(/C=c2\cnn3c(=NC4CC4)nc(NC4CCCc5ncccc54)nc23)[nH]1. The van der Waals surface area contributed by atoms with E-state index in [1.807, 2.05) is 12.3 Å². The van der Waals surface area contributed by atoms with Crippen molar-refractivity contribution in [3.05, 3.63) is 62.8 Å². The molecule has 0 amide bonds. The van der Waals surface area contributed by atoms with Crippen LogP contribution < -0.4 is 21.8 Å². The van der Waals surface area contributed by atoms with Gasteiger partial charge in [0, 0.05) is 17.1 Å². The molecular weight excluding hydrogens is 410 g/mol. The van der Waals surface area contributed by atoms with Crippen LogP contribution in [0.4, 0.5) is 5.95 Å². The highest BCUT2D eigenvalue weighted by Gasteiger charge is 2.23. The highest BCUT2D eigenvalue weighted by molar-refractivity contribution is 5.57. The summed E-state index contributed by atoms with van der Waals surface area (Å²) in [4.78, 5) is 34.9. The first-order valence-electron chi connectivity index (χ1n) is 10.7. The number of imidazole rings is 1. The summed E-state index contributed by atoms with van der Waals surface area (Å²) >= 11 is 0. The Labute approximate surface area is 181 Å². The fraction of sp³-hybridized carbons (Fsp3) is 0.333. The van der Waals surface area contributed by atoms with Crippen molar-refractivity contribution < 1.29 is 5.11 Å². The third-order valence-corrected chi connectivity index (χ3v) is 5.77. The van der Waals surface area contributed by atoms with Crippen LogP contribution in [-0.4, -0.2) is 45.7 Å². The summed E-state index contributed by atoms with van der Waals surface area (Å²) in [5, 5.41) is 18.4. The minimum absolute atomic E-state index is 0.0594. The van der Waals surface area contributed by atoms with Crippen molar-refractivity contribution in [2.45, 2.75) is 44.2 Å². The number of pyridine rings is 1. The molecule has 0 spiro atoms. The Morgan fingerprint density at radius 1 is 1.25 bits per heavy atom. The van der Waals surface area contributed by atoms with Gasteiger partial charge < -0.3 is 15.4 Å². The van der Waals surface area contributed by atoms with Gasteiger partial charge in [-0.1, -0.05) is 6.07 Å². The van der Waals surface area contributed by atoms with Crippen LogP contribution in [0.15, 0.2) is 34.3 Å². The highest BCUT2D eigenvalue weighted by Crippen LogP contribution is 2.30. The standard InChI is InChI=1S/C21H21N9O2/c31-18-16(26-21(32)28-18)9-11-10-23-30-17(11)27-19(29-20(30)24-12-6-7-12)25-15-5-1-4-14-13(15)3-2-8-22-14/h2-3,8-10,12,15,31H,1,4-7H2,(H,24,25,29)(H2,26,28,32)/b11-9+. The molecule has 4 aromatic heterocycles. The third-order valence-electron chi connectivity index (χ3n) is 5.77. The van der Waals surface area contributed by atoms with E-state index in [0.29, 0.717) is 22.4 Å². The Balaban J connectivity index is 1.48. The Bertz CT molecular complexity index is 1500. The van der Waals surface area contributed by atoms with Gasteiger partial charge in [-0.15, -0.1) is 0 Å². The zero-order chi connectivity index (χ0) is 21.7.